The van der Waals surface area contributed by atoms with Crippen LogP contribution < -0.4 is 11.2 Å². The second-order valence-corrected chi connectivity index (χ2v) is 4.63. The van der Waals surface area contributed by atoms with E-state index in [1.54, 1.807) is 18.3 Å². The fourth-order valence-corrected chi connectivity index (χ4v) is 1.98. The zero-order valence-electron chi connectivity index (χ0n) is 10.9. The first-order valence-electron chi connectivity index (χ1n) is 6.16. The van der Waals surface area contributed by atoms with Crippen molar-refractivity contribution in [3.8, 4) is 0 Å². The molecular formula is C14H11ClN6. The van der Waals surface area contributed by atoms with E-state index in [0.29, 0.717) is 16.6 Å². The summed E-state index contributed by atoms with van der Waals surface area (Å²) >= 11 is 5.89. The number of aromatic nitrogens is 1. The smallest absolute Gasteiger partial charge is 0.176 e. The van der Waals surface area contributed by atoms with Gasteiger partial charge in [-0.2, -0.15) is 5.10 Å². The number of hydrazone groups is 1. The fraction of sp³-hybridized carbons (Fsp3) is 0. The topological polar surface area (TPSA) is 88.0 Å². The summed E-state index contributed by atoms with van der Waals surface area (Å²) in [4.78, 5) is 3.94. The van der Waals surface area contributed by atoms with E-state index in [0.717, 1.165) is 11.3 Å². The first-order valence-corrected chi connectivity index (χ1v) is 6.54. The number of hydrogen-bond acceptors (Lipinski definition) is 6. The molecule has 3 rings (SSSR count). The summed E-state index contributed by atoms with van der Waals surface area (Å²) in [7, 11) is 0. The first kappa shape index (κ1) is 13.3. The van der Waals surface area contributed by atoms with Crippen LogP contribution in [0.1, 0.15) is 5.56 Å². The van der Waals surface area contributed by atoms with Crippen molar-refractivity contribution >= 4 is 34.5 Å². The Morgan fingerprint density at radius 1 is 1.10 bits per heavy atom. The maximum absolute atomic E-state index is 5.89. The Bertz CT molecular complexity index is 751. The second kappa shape index (κ2) is 5.72. The van der Waals surface area contributed by atoms with Crippen LogP contribution in [0.5, 0.6) is 0 Å². The molecule has 0 unspecified atom stereocenters. The van der Waals surface area contributed by atoms with E-state index in [9.17, 15) is 0 Å². The van der Waals surface area contributed by atoms with Gasteiger partial charge in [0.15, 0.2) is 11.5 Å². The number of nitrogens with zero attached hydrogens (tertiary/aromatic N) is 4. The summed E-state index contributed by atoms with van der Waals surface area (Å²) in [5, 5.41) is 12.6. The number of para-hydroxylation sites is 1. The highest BCUT2D eigenvalue weighted by Crippen LogP contribution is 2.13. The molecule has 21 heavy (non-hydrogen) atoms. The number of rotatable bonds is 3. The molecule has 2 heterocycles. The van der Waals surface area contributed by atoms with Crippen LogP contribution in [0.4, 0.5) is 5.69 Å². The Kier molecular flexibility index (Phi) is 3.61. The van der Waals surface area contributed by atoms with Crippen LogP contribution in [0.15, 0.2) is 64.0 Å². The summed E-state index contributed by atoms with van der Waals surface area (Å²) in [6.45, 7) is 0. The normalized spacial score (nSPS) is 15.8. The van der Waals surface area contributed by atoms with Gasteiger partial charge < -0.3 is 5.73 Å². The molecule has 1 aliphatic heterocycles. The molecule has 104 valence electrons. The SMILES string of the molecule is NC1=NN=C(c2ccnc(Cl)c2)/C1=N\Nc1ccccc1. The molecule has 2 aromatic rings. The summed E-state index contributed by atoms with van der Waals surface area (Å²) in [5.74, 6) is 0.251. The molecule has 0 bridgehead atoms. The van der Waals surface area contributed by atoms with Crippen molar-refractivity contribution in [3.63, 3.8) is 0 Å². The van der Waals surface area contributed by atoms with Gasteiger partial charge >= 0.3 is 0 Å². The van der Waals surface area contributed by atoms with Crippen LogP contribution in [-0.2, 0) is 0 Å². The lowest BCUT2D eigenvalue weighted by Crippen LogP contribution is -2.28. The maximum atomic E-state index is 5.89. The van der Waals surface area contributed by atoms with Gasteiger partial charge in [0.05, 0.1) is 5.69 Å². The Morgan fingerprint density at radius 3 is 2.67 bits per heavy atom. The van der Waals surface area contributed by atoms with Crippen molar-refractivity contribution < 1.29 is 0 Å². The van der Waals surface area contributed by atoms with Crippen molar-refractivity contribution in [3.05, 3.63) is 59.4 Å². The van der Waals surface area contributed by atoms with Gasteiger partial charge in [-0.3, -0.25) is 5.43 Å². The fourth-order valence-electron chi connectivity index (χ4n) is 1.81. The molecule has 1 aromatic heterocycles. The van der Waals surface area contributed by atoms with Crippen molar-refractivity contribution in [2.75, 3.05) is 5.43 Å². The average Bonchev–Trinajstić information content (AvgIpc) is 2.87. The predicted octanol–water partition coefficient (Wildman–Crippen LogP) is 2.28. The van der Waals surface area contributed by atoms with Gasteiger partial charge in [0.2, 0.25) is 0 Å². The van der Waals surface area contributed by atoms with Crippen LogP contribution in [0.25, 0.3) is 0 Å². The highest BCUT2D eigenvalue weighted by Gasteiger charge is 2.21. The highest BCUT2D eigenvalue weighted by molar-refractivity contribution is 6.72. The lowest BCUT2D eigenvalue weighted by Gasteiger charge is -2.05. The minimum atomic E-state index is 0.251. The largest absolute Gasteiger partial charge is 0.380 e. The number of amidine groups is 1. The van der Waals surface area contributed by atoms with Gasteiger partial charge in [-0.1, -0.05) is 29.8 Å². The minimum Gasteiger partial charge on any atom is -0.380 e. The Labute approximate surface area is 126 Å². The standard InChI is InChI=1S/C14H11ClN6/c15-11-8-9(6-7-17-11)12-13(14(16)21-19-12)20-18-10-4-2-1-3-5-10/h1-8,18H,(H2,16,20,21). The molecule has 6 nitrogen and oxygen atoms in total. The maximum Gasteiger partial charge on any atom is 0.176 e. The zero-order chi connectivity index (χ0) is 14.7. The summed E-state index contributed by atoms with van der Waals surface area (Å²) in [5.41, 5.74) is 11.4. The zero-order valence-corrected chi connectivity index (χ0v) is 11.6. The van der Waals surface area contributed by atoms with E-state index >= 15 is 0 Å². The van der Waals surface area contributed by atoms with E-state index in [-0.39, 0.29) is 5.84 Å². The molecule has 0 atom stereocenters. The van der Waals surface area contributed by atoms with Crippen molar-refractivity contribution in [2.45, 2.75) is 0 Å². The number of hydrogen-bond donors (Lipinski definition) is 2. The van der Waals surface area contributed by atoms with Gasteiger partial charge in [-0.05, 0) is 24.3 Å². The number of pyridine rings is 1. The average molecular weight is 299 g/mol. The molecule has 7 heteroatoms. The Morgan fingerprint density at radius 2 is 1.90 bits per heavy atom. The van der Waals surface area contributed by atoms with Gasteiger partial charge in [0.25, 0.3) is 0 Å². The van der Waals surface area contributed by atoms with E-state index in [1.165, 1.54) is 0 Å². The number of nitrogens with one attached hydrogen (secondary N) is 1. The number of benzene rings is 1. The third-order valence-corrected chi connectivity index (χ3v) is 3.00. The van der Waals surface area contributed by atoms with E-state index in [1.807, 2.05) is 30.3 Å². The lowest BCUT2D eigenvalue weighted by molar-refractivity contribution is 1.25. The molecular weight excluding hydrogens is 288 g/mol. The number of anilines is 1. The molecule has 0 saturated heterocycles. The molecule has 1 aliphatic rings. The monoisotopic (exact) mass is 298 g/mol. The molecule has 0 amide bonds. The molecule has 0 radical (unpaired) electrons. The van der Waals surface area contributed by atoms with Crippen LogP contribution >= 0.6 is 11.6 Å². The van der Waals surface area contributed by atoms with Crippen molar-refractivity contribution in [1.82, 2.24) is 4.98 Å². The summed E-state index contributed by atoms with van der Waals surface area (Å²) < 4.78 is 0. The van der Waals surface area contributed by atoms with Gasteiger partial charge in [-0.15, -0.1) is 10.2 Å². The first-order chi connectivity index (χ1) is 10.2. The Hall–Kier alpha value is -2.73. The van der Waals surface area contributed by atoms with Gasteiger partial charge in [0, 0.05) is 11.8 Å². The van der Waals surface area contributed by atoms with Crippen LogP contribution in [-0.4, -0.2) is 22.2 Å². The minimum absolute atomic E-state index is 0.251. The van der Waals surface area contributed by atoms with E-state index in [4.69, 9.17) is 17.3 Å². The molecule has 0 saturated carbocycles. The van der Waals surface area contributed by atoms with Crippen molar-refractivity contribution in [2.24, 2.45) is 21.0 Å². The van der Waals surface area contributed by atoms with E-state index in [2.05, 4.69) is 25.7 Å². The van der Waals surface area contributed by atoms with Crippen molar-refractivity contribution in [1.29, 1.82) is 0 Å². The third-order valence-electron chi connectivity index (χ3n) is 2.80. The molecule has 0 spiro atoms. The number of nitrogens with two attached hydrogens (primary N) is 1. The van der Waals surface area contributed by atoms with Crippen LogP contribution in [0.2, 0.25) is 5.15 Å². The summed E-state index contributed by atoms with van der Waals surface area (Å²) in [6, 6.07) is 13.0. The second-order valence-electron chi connectivity index (χ2n) is 4.24. The predicted molar refractivity (Wildman–Crippen MR) is 84.9 cm³/mol. The third kappa shape index (κ3) is 2.90. The molecule has 0 fully saturated rings. The van der Waals surface area contributed by atoms with Gasteiger partial charge in [0.1, 0.15) is 10.9 Å². The molecule has 1 aromatic carbocycles. The number of halogens is 1. The van der Waals surface area contributed by atoms with Crippen LogP contribution in [0, 0.1) is 0 Å². The molecule has 3 N–H and O–H groups in total. The highest BCUT2D eigenvalue weighted by atomic mass is 35.5. The van der Waals surface area contributed by atoms with E-state index < -0.39 is 0 Å². The van der Waals surface area contributed by atoms with Gasteiger partial charge in [-0.25, -0.2) is 4.98 Å². The quantitative estimate of drug-likeness (QED) is 0.673. The van der Waals surface area contributed by atoms with Crippen LogP contribution in [0.3, 0.4) is 0 Å². The summed E-state index contributed by atoms with van der Waals surface area (Å²) in [6.07, 6.45) is 1.59. The Balaban J connectivity index is 1.89. The molecule has 0 aliphatic carbocycles. The lowest BCUT2D eigenvalue weighted by atomic mass is 10.1.